The molecule has 0 aromatic heterocycles. The molecule has 0 saturated carbocycles. The zero-order valence-electron chi connectivity index (χ0n) is 13.4. The maximum atomic E-state index is 10.7. The van der Waals surface area contributed by atoms with E-state index in [1.807, 2.05) is 18.2 Å². The number of aliphatic hydroxyl groups excluding tert-OH is 1. The van der Waals surface area contributed by atoms with Crippen LogP contribution in [-0.2, 0) is 4.79 Å². The number of carbonyl (C=O) groups is 1. The van der Waals surface area contributed by atoms with E-state index >= 15 is 0 Å². The molecular weight excluding hydrogens is 388 g/mol. The molecule has 0 heterocycles. The lowest BCUT2D eigenvalue weighted by Crippen LogP contribution is -2.25. The number of aromatic hydroxyl groups is 1. The lowest BCUT2D eigenvalue weighted by molar-refractivity contribution is -0.131. The summed E-state index contributed by atoms with van der Waals surface area (Å²) in [6.07, 6.45) is 1.64. The van der Waals surface area contributed by atoms with Crippen molar-refractivity contribution < 1.29 is 24.9 Å². The Morgan fingerprint density at radius 3 is 2.60 bits per heavy atom. The van der Waals surface area contributed by atoms with Crippen molar-refractivity contribution in [2.75, 3.05) is 0 Å². The van der Waals surface area contributed by atoms with Crippen molar-refractivity contribution in [3.05, 3.63) is 70.7 Å². The van der Waals surface area contributed by atoms with Crippen LogP contribution >= 0.6 is 15.9 Å². The van der Waals surface area contributed by atoms with Gasteiger partial charge < -0.3 is 20.1 Å². The quantitative estimate of drug-likeness (QED) is 0.575. The molecule has 0 aliphatic rings. The molecule has 0 fully saturated rings. The number of hydrogen-bond donors (Lipinski definition) is 3. The normalized spacial score (nSPS) is 13.5. The molecule has 2 aromatic rings. The molecule has 0 saturated heterocycles. The molecule has 2 atom stereocenters. The molecule has 132 valence electrons. The number of rotatable bonds is 8. The number of hydrogen-bond acceptors (Lipinski definition) is 4. The van der Waals surface area contributed by atoms with E-state index in [9.17, 15) is 15.0 Å². The summed E-state index contributed by atoms with van der Waals surface area (Å²) in [6, 6.07) is 13.8. The van der Waals surface area contributed by atoms with E-state index in [4.69, 9.17) is 9.84 Å². The first-order valence-electron chi connectivity index (χ1n) is 7.75. The van der Waals surface area contributed by atoms with E-state index in [1.165, 1.54) is 12.1 Å². The van der Waals surface area contributed by atoms with Gasteiger partial charge in [0.25, 0.3) is 0 Å². The van der Waals surface area contributed by atoms with Crippen LogP contribution in [0, 0.1) is 0 Å². The fraction of sp³-hybridized carbons (Fsp3) is 0.211. The van der Waals surface area contributed by atoms with Gasteiger partial charge in [0.1, 0.15) is 23.7 Å². The average Bonchev–Trinajstić information content (AvgIpc) is 2.60. The smallest absolute Gasteiger partial charge is 0.327 e. The third-order valence-electron chi connectivity index (χ3n) is 3.57. The van der Waals surface area contributed by atoms with Crippen molar-refractivity contribution in [3.63, 3.8) is 0 Å². The number of phenolic OH excluding ortho intramolecular Hbond substituents is 1. The predicted molar refractivity (Wildman–Crippen MR) is 97.6 cm³/mol. The first-order chi connectivity index (χ1) is 12.0. The van der Waals surface area contributed by atoms with E-state index in [1.54, 1.807) is 24.3 Å². The van der Waals surface area contributed by atoms with E-state index in [2.05, 4.69) is 15.9 Å². The molecule has 2 rings (SSSR count). The second-order valence-corrected chi connectivity index (χ2v) is 6.35. The van der Waals surface area contributed by atoms with Crippen LogP contribution in [0.3, 0.4) is 0 Å². The number of phenols is 1. The predicted octanol–water partition coefficient (Wildman–Crippen LogP) is 4.06. The van der Waals surface area contributed by atoms with Gasteiger partial charge in [-0.05, 0) is 43.2 Å². The second kappa shape index (κ2) is 9.25. The zero-order valence-corrected chi connectivity index (χ0v) is 15.0. The monoisotopic (exact) mass is 406 g/mol. The first-order valence-corrected chi connectivity index (χ1v) is 8.54. The molecule has 6 heteroatoms. The van der Waals surface area contributed by atoms with Gasteiger partial charge in [0.15, 0.2) is 0 Å². The summed E-state index contributed by atoms with van der Waals surface area (Å²) < 4.78 is 6.60. The van der Waals surface area contributed by atoms with Crippen LogP contribution in [0.5, 0.6) is 11.5 Å². The van der Waals surface area contributed by atoms with Crippen molar-refractivity contribution in [1.82, 2.24) is 0 Å². The summed E-state index contributed by atoms with van der Waals surface area (Å²) in [5.41, 5.74) is 0.345. The van der Waals surface area contributed by atoms with Gasteiger partial charge in [0.05, 0.1) is 0 Å². The SMILES string of the molecule is O=C(O)/C=C/CC[C@H](Oc1ccccc1)[C@@H](O)c1cc(Br)ccc1O. The van der Waals surface area contributed by atoms with Crippen LogP contribution in [0.2, 0.25) is 0 Å². The molecule has 0 amide bonds. The summed E-state index contributed by atoms with van der Waals surface area (Å²) in [5.74, 6) is -0.465. The molecule has 3 N–H and O–H groups in total. The lowest BCUT2D eigenvalue weighted by Gasteiger charge is -2.25. The van der Waals surface area contributed by atoms with Crippen molar-refractivity contribution in [2.45, 2.75) is 25.0 Å². The molecule has 2 aromatic carbocycles. The van der Waals surface area contributed by atoms with Crippen molar-refractivity contribution in [3.8, 4) is 11.5 Å². The van der Waals surface area contributed by atoms with Crippen LogP contribution in [0.15, 0.2) is 65.2 Å². The number of carboxylic acids is 1. The molecule has 25 heavy (non-hydrogen) atoms. The highest BCUT2D eigenvalue weighted by Gasteiger charge is 2.25. The van der Waals surface area contributed by atoms with Crippen LogP contribution in [0.25, 0.3) is 0 Å². The Kier molecular flexibility index (Phi) is 7.03. The molecule has 0 radical (unpaired) electrons. The Labute approximate surface area is 154 Å². The van der Waals surface area contributed by atoms with Crippen LogP contribution < -0.4 is 4.74 Å². The minimum absolute atomic E-state index is 0.0292. The van der Waals surface area contributed by atoms with Crippen LogP contribution in [0.1, 0.15) is 24.5 Å². The largest absolute Gasteiger partial charge is 0.508 e. The average molecular weight is 407 g/mol. The van der Waals surface area contributed by atoms with Crippen LogP contribution in [0.4, 0.5) is 0 Å². The van der Waals surface area contributed by atoms with Gasteiger partial charge in [-0.15, -0.1) is 0 Å². The molecule has 5 nitrogen and oxygen atoms in total. The van der Waals surface area contributed by atoms with E-state index < -0.39 is 18.2 Å². The van der Waals surface area contributed by atoms with E-state index in [-0.39, 0.29) is 5.75 Å². The summed E-state index contributed by atoms with van der Waals surface area (Å²) in [4.78, 5) is 10.6. The number of allylic oxidation sites excluding steroid dienone is 1. The zero-order chi connectivity index (χ0) is 18.2. The third-order valence-corrected chi connectivity index (χ3v) is 4.06. The van der Waals surface area contributed by atoms with Gasteiger partial charge in [-0.1, -0.05) is 40.2 Å². The number of benzene rings is 2. The highest BCUT2D eigenvalue weighted by molar-refractivity contribution is 9.10. The van der Waals surface area contributed by atoms with Crippen LogP contribution in [-0.4, -0.2) is 27.4 Å². The molecule has 0 bridgehead atoms. The number of aliphatic carboxylic acids is 1. The number of para-hydroxylation sites is 1. The topological polar surface area (TPSA) is 87.0 Å². The molecule has 0 aliphatic heterocycles. The van der Waals surface area contributed by atoms with Gasteiger partial charge in [-0.3, -0.25) is 0 Å². The Bertz CT molecular complexity index is 730. The summed E-state index contributed by atoms with van der Waals surface area (Å²) in [5, 5.41) is 29.4. The highest BCUT2D eigenvalue weighted by atomic mass is 79.9. The van der Waals surface area contributed by atoms with E-state index in [0.29, 0.717) is 24.2 Å². The maximum Gasteiger partial charge on any atom is 0.327 e. The Morgan fingerprint density at radius 1 is 1.20 bits per heavy atom. The standard InChI is InChI=1S/C19H19BrO5/c20-13-10-11-16(21)15(12-13)19(24)17(8-4-5-9-18(22)23)25-14-6-2-1-3-7-14/h1-3,5-7,9-12,17,19,21,24H,4,8H2,(H,22,23)/b9-5+/t17-,19-/m0/s1. The summed E-state index contributed by atoms with van der Waals surface area (Å²) >= 11 is 3.32. The minimum atomic E-state index is -1.07. The minimum Gasteiger partial charge on any atom is -0.508 e. The molecule has 0 spiro atoms. The van der Waals surface area contributed by atoms with Gasteiger partial charge in [-0.2, -0.15) is 0 Å². The second-order valence-electron chi connectivity index (χ2n) is 5.44. The molecule has 0 aliphatic carbocycles. The van der Waals surface area contributed by atoms with Gasteiger partial charge in [0.2, 0.25) is 0 Å². The van der Waals surface area contributed by atoms with Gasteiger partial charge in [-0.25, -0.2) is 4.79 Å². The van der Waals surface area contributed by atoms with Crippen molar-refractivity contribution in [2.24, 2.45) is 0 Å². The van der Waals surface area contributed by atoms with Crippen molar-refractivity contribution in [1.29, 1.82) is 0 Å². The third kappa shape index (κ3) is 5.92. The van der Waals surface area contributed by atoms with Crippen molar-refractivity contribution >= 4 is 21.9 Å². The number of carboxylic acid groups (broad SMARTS) is 1. The fourth-order valence-corrected chi connectivity index (χ4v) is 2.74. The Hall–Kier alpha value is -2.31. The fourth-order valence-electron chi connectivity index (χ4n) is 2.36. The molecule has 0 unspecified atom stereocenters. The van der Waals surface area contributed by atoms with E-state index in [0.717, 1.165) is 10.5 Å². The summed E-state index contributed by atoms with van der Waals surface area (Å²) in [7, 11) is 0. The van der Waals surface area contributed by atoms with Gasteiger partial charge in [0, 0.05) is 16.1 Å². The number of halogens is 1. The first kappa shape index (κ1) is 19.0. The molecular formula is C19H19BrO5. The lowest BCUT2D eigenvalue weighted by atomic mass is 9.99. The number of ether oxygens (including phenoxy) is 1. The Morgan fingerprint density at radius 2 is 1.92 bits per heavy atom. The van der Waals surface area contributed by atoms with Gasteiger partial charge >= 0.3 is 5.97 Å². The number of aliphatic hydroxyl groups is 1. The maximum absolute atomic E-state index is 10.7. The highest BCUT2D eigenvalue weighted by Crippen LogP contribution is 2.32. The summed E-state index contributed by atoms with van der Waals surface area (Å²) in [6.45, 7) is 0. The Balaban J connectivity index is 2.19.